The van der Waals surface area contributed by atoms with Gasteiger partial charge in [0, 0.05) is 35.2 Å². The first-order chi connectivity index (χ1) is 11.6. The van der Waals surface area contributed by atoms with Gasteiger partial charge in [0.25, 0.3) is 0 Å². The highest BCUT2D eigenvalue weighted by molar-refractivity contribution is 9.10. The summed E-state index contributed by atoms with van der Waals surface area (Å²) < 4.78 is 1.06. The normalized spacial score (nSPS) is 11.0. The van der Waals surface area contributed by atoms with E-state index in [1.807, 2.05) is 55.9 Å². The van der Waals surface area contributed by atoms with Crippen LogP contribution >= 0.6 is 27.3 Å². The summed E-state index contributed by atoms with van der Waals surface area (Å²) in [5, 5.41) is 7.05. The van der Waals surface area contributed by atoms with E-state index in [4.69, 9.17) is 0 Å². The molecule has 1 aromatic heterocycles. The third-order valence-corrected chi connectivity index (χ3v) is 4.70. The lowest BCUT2D eigenvalue weighted by Gasteiger charge is -2.11. The molecule has 0 fully saturated rings. The minimum Gasteiger partial charge on any atom is -0.378 e. The van der Waals surface area contributed by atoms with Crippen molar-refractivity contribution in [2.24, 2.45) is 5.10 Å². The molecule has 0 aliphatic carbocycles. The summed E-state index contributed by atoms with van der Waals surface area (Å²) in [6.45, 7) is 0. The lowest BCUT2D eigenvalue weighted by molar-refractivity contribution is 1.13. The molecule has 3 rings (SSSR count). The lowest BCUT2D eigenvalue weighted by Crippen LogP contribution is -2.08. The van der Waals surface area contributed by atoms with Crippen LogP contribution in [0.1, 0.15) is 5.56 Å². The summed E-state index contributed by atoms with van der Waals surface area (Å²) in [5.74, 6) is 0. The summed E-state index contributed by atoms with van der Waals surface area (Å²) in [5.41, 5.74) is 7.23. The molecule has 1 N–H and O–H groups in total. The van der Waals surface area contributed by atoms with E-state index in [2.05, 4.69) is 48.5 Å². The molecule has 3 aromatic rings. The molecule has 0 saturated heterocycles. The monoisotopic (exact) mass is 400 g/mol. The van der Waals surface area contributed by atoms with Gasteiger partial charge in [-0.25, -0.2) is 4.98 Å². The SMILES string of the molecule is CN(C)c1ccc(C=NNc2nc(-c3ccc(Br)cc3)cs2)cc1. The Morgan fingerprint density at radius 3 is 2.46 bits per heavy atom. The molecule has 1 heterocycles. The van der Waals surface area contributed by atoms with Crippen LogP contribution in [0, 0.1) is 0 Å². The van der Waals surface area contributed by atoms with Gasteiger partial charge in [-0.3, -0.25) is 5.43 Å². The minimum absolute atomic E-state index is 0.772. The maximum Gasteiger partial charge on any atom is 0.203 e. The van der Waals surface area contributed by atoms with E-state index < -0.39 is 0 Å². The molecule has 4 nitrogen and oxygen atoms in total. The number of aromatic nitrogens is 1. The predicted molar refractivity (Wildman–Crippen MR) is 107 cm³/mol. The van der Waals surface area contributed by atoms with Gasteiger partial charge in [-0.1, -0.05) is 40.2 Å². The molecule has 24 heavy (non-hydrogen) atoms. The van der Waals surface area contributed by atoms with Gasteiger partial charge in [-0.2, -0.15) is 5.10 Å². The Morgan fingerprint density at radius 1 is 1.08 bits per heavy atom. The van der Waals surface area contributed by atoms with Crippen molar-refractivity contribution in [3.63, 3.8) is 0 Å². The molecule has 0 radical (unpaired) electrons. The van der Waals surface area contributed by atoms with Gasteiger partial charge < -0.3 is 4.90 Å². The van der Waals surface area contributed by atoms with Crippen molar-refractivity contribution in [1.82, 2.24) is 4.98 Å². The molecule has 122 valence electrons. The van der Waals surface area contributed by atoms with Crippen LogP contribution in [0.2, 0.25) is 0 Å². The lowest BCUT2D eigenvalue weighted by atomic mass is 10.2. The number of benzene rings is 2. The van der Waals surface area contributed by atoms with Gasteiger partial charge in [0.05, 0.1) is 11.9 Å². The fourth-order valence-electron chi connectivity index (χ4n) is 2.10. The molecule has 0 aliphatic heterocycles. The number of halogens is 1. The zero-order valence-electron chi connectivity index (χ0n) is 13.4. The van der Waals surface area contributed by atoms with Gasteiger partial charge in [-0.05, 0) is 29.8 Å². The summed E-state index contributed by atoms with van der Waals surface area (Å²) in [7, 11) is 4.05. The molecular weight excluding hydrogens is 384 g/mol. The molecule has 0 spiro atoms. The Labute approximate surface area is 154 Å². The number of rotatable bonds is 5. The summed E-state index contributed by atoms with van der Waals surface area (Å²) in [4.78, 5) is 6.62. The minimum atomic E-state index is 0.772. The highest BCUT2D eigenvalue weighted by Crippen LogP contribution is 2.26. The van der Waals surface area contributed by atoms with Crippen LogP contribution in [-0.4, -0.2) is 25.3 Å². The molecule has 2 aromatic carbocycles. The van der Waals surface area contributed by atoms with Crippen LogP contribution in [-0.2, 0) is 0 Å². The van der Waals surface area contributed by atoms with E-state index in [0.717, 1.165) is 26.4 Å². The van der Waals surface area contributed by atoms with Gasteiger partial charge >= 0.3 is 0 Å². The van der Waals surface area contributed by atoms with Crippen molar-refractivity contribution in [1.29, 1.82) is 0 Å². The van der Waals surface area contributed by atoms with E-state index >= 15 is 0 Å². The first-order valence-electron chi connectivity index (χ1n) is 7.40. The van der Waals surface area contributed by atoms with Crippen molar-refractivity contribution < 1.29 is 0 Å². The third-order valence-electron chi connectivity index (χ3n) is 3.43. The summed E-state index contributed by atoms with van der Waals surface area (Å²) in [6, 6.07) is 16.3. The summed E-state index contributed by atoms with van der Waals surface area (Å²) >= 11 is 4.98. The highest BCUT2D eigenvalue weighted by Gasteiger charge is 2.03. The van der Waals surface area contributed by atoms with E-state index in [1.165, 1.54) is 17.0 Å². The molecule has 0 aliphatic rings. The predicted octanol–water partition coefficient (Wildman–Crippen LogP) is 5.08. The Kier molecular flexibility index (Phi) is 5.27. The van der Waals surface area contributed by atoms with Crippen molar-refractivity contribution in [2.45, 2.75) is 0 Å². The highest BCUT2D eigenvalue weighted by atomic mass is 79.9. The van der Waals surface area contributed by atoms with E-state index in [9.17, 15) is 0 Å². The van der Waals surface area contributed by atoms with Crippen LogP contribution in [0.5, 0.6) is 0 Å². The van der Waals surface area contributed by atoms with Crippen LogP contribution < -0.4 is 10.3 Å². The topological polar surface area (TPSA) is 40.5 Å². The van der Waals surface area contributed by atoms with Gasteiger partial charge in [-0.15, -0.1) is 11.3 Å². The van der Waals surface area contributed by atoms with E-state index in [-0.39, 0.29) is 0 Å². The molecule has 6 heteroatoms. The Morgan fingerprint density at radius 2 is 1.79 bits per heavy atom. The molecule has 0 saturated carbocycles. The molecule has 0 unspecified atom stereocenters. The molecule has 0 amide bonds. The maximum atomic E-state index is 4.55. The van der Waals surface area contributed by atoms with E-state index in [1.54, 1.807) is 6.21 Å². The fourth-order valence-corrected chi connectivity index (χ4v) is 3.03. The van der Waals surface area contributed by atoms with Gasteiger partial charge in [0.2, 0.25) is 5.13 Å². The Balaban J connectivity index is 1.63. The quantitative estimate of drug-likeness (QED) is 0.479. The van der Waals surface area contributed by atoms with Gasteiger partial charge in [0.15, 0.2) is 0 Å². The smallest absolute Gasteiger partial charge is 0.203 e. The number of hydrogen-bond donors (Lipinski definition) is 1. The number of thiazole rings is 1. The van der Waals surface area contributed by atoms with Crippen molar-refractivity contribution >= 4 is 44.3 Å². The first kappa shape index (κ1) is 16.7. The molecular formula is C18H17BrN4S. The second-order valence-corrected chi connectivity index (χ2v) is 7.17. The standard InChI is InChI=1S/C18H17BrN4S/c1-23(2)16-9-3-13(4-10-16)11-20-22-18-21-17(12-24-18)14-5-7-15(19)8-6-14/h3-12H,1-2H3,(H,21,22). The average molecular weight is 401 g/mol. The molecule has 0 bridgehead atoms. The van der Waals surface area contributed by atoms with E-state index in [0.29, 0.717) is 0 Å². The van der Waals surface area contributed by atoms with Crippen LogP contribution in [0.25, 0.3) is 11.3 Å². The Hall–Kier alpha value is -2.18. The van der Waals surface area contributed by atoms with Gasteiger partial charge in [0.1, 0.15) is 0 Å². The van der Waals surface area contributed by atoms with Crippen LogP contribution in [0.3, 0.4) is 0 Å². The Bertz CT molecular complexity index is 823. The van der Waals surface area contributed by atoms with Crippen LogP contribution in [0.15, 0.2) is 63.5 Å². The average Bonchev–Trinajstić information content (AvgIpc) is 3.05. The number of hydrogen-bond acceptors (Lipinski definition) is 5. The number of hydrazone groups is 1. The summed E-state index contributed by atoms with van der Waals surface area (Å²) in [6.07, 6.45) is 1.79. The first-order valence-corrected chi connectivity index (χ1v) is 9.07. The molecule has 0 atom stereocenters. The number of nitrogens with zero attached hydrogens (tertiary/aromatic N) is 3. The van der Waals surface area contributed by atoms with Crippen LogP contribution in [0.4, 0.5) is 10.8 Å². The second kappa shape index (κ2) is 7.59. The number of anilines is 2. The number of nitrogens with one attached hydrogen (secondary N) is 1. The van der Waals surface area contributed by atoms with Crippen molar-refractivity contribution in [3.05, 3.63) is 63.9 Å². The zero-order chi connectivity index (χ0) is 16.9. The maximum absolute atomic E-state index is 4.55. The van der Waals surface area contributed by atoms with Crippen molar-refractivity contribution in [3.8, 4) is 11.3 Å². The second-order valence-electron chi connectivity index (χ2n) is 5.40. The fraction of sp³-hybridized carbons (Fsp3) is 0.111. The zero-order valence-corrected chi connectivity index (χ0v) is 15.8. The largest absolute Gasteiger partial charge is 0.378 e. The van der Waals surface area contributed by atoms with Crippen molar-refractivity contribution in [2.75, 3.05) is 24.4 Å². The third kappa shape index (κ3) is 4.21.